The Labute approximate surface area is 124 Å². The average molecular weight is 312 g/mol. The minimum Gasteiger partial charge on any atom is -0.405 e. The van der Waals surface area contributed by atoms with Crippen LogP contribution in [0.2, 0.25) is 5.02 Å². The van der Waals surface area contributed by atoms with Crippen LogP contribution in [-0.4, -0.2) is 6.36 Å². The number of hydrogen-bond acceptors (Lipinski definition) is 2. The third-order valence-electron chi connectivity index (χ3n) is 2.75. The molecule has 0 aliphatic heterocycles. The Kier molecular flexibility index (Phi) is 4.39. The van der Waals surface area contributed by atoms with Gasteiger partial charge < -0.3 is 4.74 Å². The number of nitrogens with zero attached hydrogens (tertiary/aromatic N) is 1. The van der Waals surface area contributed by atoms with Crippen molar-refractivity contribution in [2.45, 2.75) is 12.8 Å². The van der Waals surface area contributed by atoms with E-state index in [2.05, 4.69) is 4.74 Å². The van der Waals surface area contributed by atoms with Crippen LogP contribution in [-0.2, 0) is 6.42 Å². The van der Waals surface area contributed by atoms with Gasteiger partial charge >= 0.3 is 6.36 Å². The predicted octanol–water partition coefficient (Wildman–Crippen LogP) is 4.97. The number of para-hydroxylation sites is 1. The molecule has 0 saturated carbocycles. The molecule has 2 aromatic carbocycles. The molecule has 108 valence electrons. The highest BCUT2D eigenvalue weighted by atomic mass is 35.5. The molecule has 0 aliphatic carbocycles. The zero-order valence-electron chi connectivity index (χ0n) is 10.6. The topological polar surface area (TPSA) is 33.0 Å². The zero-order chi connectivity index (χ0) is 15.5. The number of rotatable bonds is 3. The van der Waals surface area contributed by atoms with Crippen LogP contribution in [0.15, 0.2) is 42.5 Å². The van der Waals surface area contributed by atoms with Crippen molar-refractivity contribution in [3.05, 3.63) is 53.1 Å². The molecule has 2 aromatic rings. The molecule has 2 nitrogen and oxygen atoms in total. The van der Waals surface area contributed by atoms with Crippen molar-refractivity contribution in [2.75, 3.05) is 0 Å². The van der Waals surface area contributed by atoms with Crippen molar-refractivity contribution in [1.29, 1.82) is 5.26 Å². The summed E-state index contributed by atoms with van der Waals surface area (Å²) in [6.45, 7) is 0. The van der Waals surface area contributed by atoms with Gasteiger partial charge in [-0.25, -0.2) is 0 Å². The first kappa shape index (κ1) is 15.2. The van der Waals surface area contributed by atoms with Gasteiger partial charge in [-0.05, 0) is 11.6 Å². The lowest BCUT2D eigenvalue weighted by Gasteiger charge is -2.15. The zero-order valence-corrected chi connectivity index (χ0v) is 11.4. The summed E-state index contributed by atoms with van der Waals surface area (Å²) < 4.78 is 41.3. The van der Waals surface area contributed by atoms with Crippen LogP contribution in [0.25, 0.3) is 11.1 Å². The molecule has 0 spiro atoms. The summed E-state index contributed by atoms with van der Waals surface area (Å²) in [6.07, 6.45) is -4.71. The van der Waals surface area contributed by atoms with E-state index in [-0.39, 0.29) is 22.8 Å². The van der Waals surface area contributed by atoms with Gasteiger partial charge in [0.1, 0.15) is 5.75 Å². The maximum atomic E-state index is 12.4. The van der Waals surface area contributed by atoms with E-state index >= 15 is 0 Å². The summed E-state index contributed by atoms with van der Waals surface area (Å²) in [5.74, 6) is -0.332. The maximum Gasteiger partial charge on any atom is 0.573 e. The van der Waals surface area contributed by atoms with E-state index in [1.54, 1.807) is 24.3 Å². The van der Waals surface area contributed by atoms with Crippen molar-refractivity contribution < 1.29 is 17.9 Å². The first-order valence-electron chi connectivity index (χ1n) is 5.92. The van der Waals surface area contributed by atoms with Crippen LogP contribution in [0.3, 0.4) is 0 Å². The van der Waals surface area contributed by atoms with E-state index in [4.69, 9.17) is 16.9 Å². The molecule has 0 atom stereocenters. The summed E-state index contributed by atoms with van der Waals surface area (Å²) in [5.41, 5.74) is 1.17. The van der Waals surface area contributed by atoms with Gasteiger partial charge in [0.15, 0.2) is 0 Å². The molecular formula is C15H9ClF3NO. The highest BCUT2D eigenvalue weighted by Crippen LogP contribution is 2.38. The van der Waals surface area contributed by atoms with Crippen LogP contribution < -0.4 is 4.74 Å². The van der Waals surface area contributed by atoms with E-state index in [1.807, 2.05) is 6.07 Å². The van der Waals surface area contributed by atoms with Gasteiger partial charge in [-0.15, -0.1) is 13.2 Å². The molecule has 0 N–H and O–H groups in total. The molecule has 0 aliphatic rings. The second-order valence-electron chi connectivity index (χ2n) is 4.16. The van der Waals surface area contributed by atoms with Crippen LogP contribution in [0, 0.1) is 11.3 Å². The lowest BCUT2D eigenvalue weighted by molar-refractivity contribution is -0.274. The van der Waals surface area contributed by atoms with Crippen molar-refractivity contribution in [1.82, 2.24) is 0 Å². The molecular weight excluding hydrogens is 303 g/mol. The van der Waals surface area contributed by atoms with Crippen LogP contribution in [0.4, 0.5) is 13.2 Å². The molecule has 0 amide bonds. The van der Waals surface area contributed by atoms with E-state index in [0.717, 1.165) is 0 Å². The van der Waals surface area contributed by atoms with Gasteiger partial charge in [-0.2, -0.15) is 5.26 Å². The maximum absolute atomic E-state index is 12.4. The van der Waals surface area contributed by atoms with E-state index in [1.165, 1.54) is 18.2 Å². The second-order valence-corrected chi connectivity index (χ2v) is 4.54. The smallest absolute Gasteiger partial charge is 0.405 e. The lowest BCUT2D eigenvalue weighted by Crippen LogP contribution is -2.17. The highest BCUT2D eigenvalue weighted by Gasteiger charge is 2.32. The molecule has 0 radical (unpaired) electrons. The quantitative estimate of drug-likeness (QED) is 0.801. The standard InChI is InChI=1S/C15H9ClF3NO/c16-14-10(8-9-20)4-3-6-12(14)11-5-1-2-7-13(11)21-15(17,18)19/h1-7H,8H2. The Morgan fingerprint density at radius 1 is 1.05 bits per heavy atom. The number of nitriles is 1. The van der Waals surface area contributed by atoms with Crippen molar-refractivity contribution in [2.24, 2.45) is 0 Å². The largest absolute Gasteiger partial charge is 0.573 e. The molecule has 21 heavy (non-hydrogen) atoms. The lowest BCUT2D eigenvalue weighted by atomic mass is 10.0. The summed E-state index contributed by atoms with van der Waals surface area (Å²) in [6, 6.07) is 12.6. The minimum atomic E-state index is -4.78. The number of ether oxygens (including phenoxy) is 1. The van der Waals surface area contributed by atoms with Gasteiger partial charge in [0.2, 0.25) is 0 Å². The second kappa shape index (κ2) is 6.06. The van der Waals surface area contributed by atoms with Crippen LogP contribution in [0.5, 0.6) is 5.75 Å². The first-order chi connectivity index (χ1) is 9.92. The molecule has 6 heteroatoms. The van der Waals surface area contributed by atoms with E-state index in [9.17, 15) is 13.2 Å². The third kappa shape index (κ3) is 3.67. The molecule has 2 rings (SSSR count). The van der Waals surface area contributed by atoms with Crippen LogP contribution >= 0.6 is 11.6 Å². The third-order valence-corrected chi connectivity index (χ3v) is 3.20. The number of benzene rings is 2. The average Bonchev–Trinajstić information content (AvgIpc) is 2.41. The Morgan fingerprint density at radius 3 is 2.38 bits per heavy atom. The van der Waals surface area contributed by atoms with Crippen molar-refractivity contribution in [3.8, 4) is 22.9 Å². The molecule has 0 saturated heterocycles. The number of hydrogen-bond donors (Lipinski definition) is 0. The normalized spacial score (nSPS) is 11.0. The summed E-state index contributed by atoms with van der Waals surface area (Å²) in [4.78, 5) is 0. The predicted molar refractivity (Wildman–Crippen MR) is 72.9 cm³/mol. The summed E-state index contributed by atoms with van der Waals surface area (Å²) >= 11 is 6.18. The van der Waals surface area contributed by atoms with Gasteiger partial charge in [-0.1, -0.05) is 48.0 Å². The Hall–Kier alpha value is -2.19. The number of alkyl halides is 3. The van der Waals surface area contributed by atoms with Crippen molar-refractivity contribution >= 4 is 11.6 Å². The number of halogens is 4. The van der Waals surface area contributed by atoms with Crippen molar-refractivity contribution in [3.63, 3.8) is 0 Å². The van der Waals surface area contributed by atoms with E-state index in [0.29, 0.717) is 11.1 Å². The van der Waals surface area contributed by atoms with Crippen LogP contribution in [0.1, 0.15) is 5.56 Å². The van der Waals surface area contributed by atoms with Gasteiger partial charge in [-0.3, -0.25) is 0 Å². The highest BCUT2D eigenvalue weighted by molar-refractivity contribution is 6.34. The summed E-state index contributed by atoms with van der Waals surface area (Å²) in [5, 5.41) is 8.98. The monoisotopic (exact) mass is 311 g/mol. The molecule has 0 bridgehead atoms. The molecule has 0 unspecified atom stereocenters. The first-order valence-corrected chi connectivity index (χ1v) is 6.29. The summed E-state index contributed by atoms with van der Waals surface area (Å²) in [7, 11) is 0. The molecule has 0 heterocycles. The minimum absolute atomic E-state index is 0.0783. The Morgan fingerprint density at radius 2 is 1.71 bits per heavy atom. The van der Waals surface area contributed by atoms with Gasteiger partial charge in [0.05, 0.1) is 17.5 Å². The Bertz CT molecular complexity index is 692. The fraction of sp³-hybridized carbons (Fsp3) is 0.133. The fourth-order valence-corrected chi connectivity index (χ4v) is 2.21. The fourth-order valence-electron chi connectivity index (χ4n) is 1.91. The van der Waals surface area contributed by atoms with Gasteiger partial charge in [0.25, 0.3) is 0 Å². The Balaban J connectivity index is 2.53. The van der Waals surface area contributed by atoms with E-state index < -0.39 is 6.36 Å². The van der Waals surface area contributed by atoms with Gasteiger partial charge in [0, 0.05) is 11.1 Å². The molecule has 0 aromatic heterocycles. The molecule has 0 fully saturated rings. The SMILES string of the molecule is N#CCc1cccc(-c2ccccc2OC(F)(F)F)c1Cl.